The first-order chi connectivity index (χ1) is 8.54. The highest BCUT2D eigenvalue weighted by molar-refractivity contribution is 9.10. The molecule has 0 atom stereocenters. The van der Waals surface area contributed by atoms with Crippen molar-refractivity contribution >= 4 is 15.9 Å². The molecule has 1 rings (SSSR count). The molecule has 0 unspecified atom stereocenters. The van der Waals surface area contributed by atoms with E-state index in [4.69, 9.17) is 15.2 Å². The second-order valence-corrected chi connectivity index (χ2v) is 5.43. The molecule has 0 aliphatic carbocycles. The maximum atomic E-state index is 5.82. The lowest BCUT2D eigenvalue weighted by atomic mass is 10.1. The molecular formula is C14H22BrNO2. The number of aryl methyl sites for hydroxylation is 1. The molecule has 0 saturated carbocycles. The molecule has 0 aliphatic heterocycles. The molecule has 102 valence electrons. The highest BCUT2D eigenvalue weighted by Gasteiger charge is 2.08. The summed E-state index contributed by atoms with van der Waals surface area (Å²) in [5, 5.41) is 0. The Morgan fingerprint density at radius 2 is 2.00 bits per heavy atom. The summed E-state index contributed by atoms with van der Waals surface area (Å²) in [5.74, 6) is 0.941. The van der Waals surface area contributed by atoms with Crippen LogP contribution in [0.2, 0.25) is 0 Å². The van der Waals surface area contributed by atoms with Gasteiger partial charge in [0.15, 0.2) is 0 Å². The number of benzene rings is 1. The van der Waals surface area contributed by atoms with Gasteiger partial charge in [0.25, 0.3) is 0 Å². The molecule has 0 aliphatic rings. The standard InChI is InChI=1S/C14H22BrNO2/c1-10(2)17-6-7-18-14-11(3)8-13(15)9-12(14)4-5-16/h8-10H,4-7,16H2,1-3H3. The molecule has 0 saturated heterocycles. The van der Waals surface area contributed by atoms with E-state index in [1.54, 1.807) is 0 Å². The fourth-order valence-electron chi connectivity index (χ4n) is 1.77. The third kappa shape index (κ3) is 4.96. The third-order valence-corrected chi connectivity index (χ3v) is 2.97. The number of rotatable bonds is 7. The fraction of sp³-hybridized carbons (Fsp3) is 0.571. The zero-order valence-electron chi connectivity index (χ0n) is 11.3. The molecule has 2 N–H and O–H groups in total. The fourth-order valence-corrected chi connectivity index (χ4v) is 2.39. The minimum absolute atomic E-state index is 0.239. The predicted octanol–water partition coefficient (Wildman–Crippen LogP) is 3.06. The molecule has 0 bridgehead atoms. The summed E-state index contributed by atoms with van der Waals surface area (Å²) in [6.07, 6.45) is 1.06. The van der Waals surface area contributed by atoms with E-state index in [-0.39, 0.29) is 6.10 Å². The van der Waals surface area contributed by atoms with Crippen LogP contribution in [0.15, 0.2) is 16.6 Å². The van der Waals surface area contributed by atoms with Crippen molar-refractivity contribution in [2.75, 3.05) is 19.8 Å². The zero-order chi connectivity index (χ0) is 13.5. The Morgan fingerprint density at radius 3 is 2.61 bits per heavy atom. The average Bonchev–Trinajstić information content (AvgIpc) is 2.26. The third-order valence-electron chi connectivity index (χ3n) is 2.51. The van der Waals surface area contributed by atoms with Crippen LogP contribution in [-0.2, 0) is 11.2 Å². The van der Waals surface area contributed by atoms with Crippen LogP contribution < -0.4 is 10.5 Å². The SMILES string of the molecule is Cc1cc(Br)cc(CCN)c1OCCOC(C)C. The molecule has 4 heteroatoms. The van der Waals surface area contributed by atoms with Crippen molar-refractivity contribution in [2.24, 2.45) is 5.73 Å². The van der Waals surface area contributed by atoms with Crippen LogP contribution in [-0.4, -0.2) is 25.9 Å². The zero-order valence-corrected chi connectivity index (χ0v) is 12.9. The van der Waals surface area contributed by atoms with Gasteiger partial charge in [-0.15, -0.1) is 0 Å². The Hall–Kier alpha value is -0.580. The van der Waals surface area contributed by atoms with Crippen LogP contribution in [0.1, 0.15) is 25.0 Å². The van der Waals surface area contributed by atoms with Gasteiger partial charge in [-0.25, -0.2) is 0 Å². The van der Waals surface area contributed by atoms with Gasteiger partial charge in [-0.2, -0.15) is 0 Å². The molecule has 0 fully saturated rings. The average molecular weight is 316 g/mol. The normalized spacial score (nSPS) is 11.0. The van der Waals surface area contributed by atoms with E-state index in [0.717, 1.165) is 27.8 Å². The summed E-state index contributed by atoms with van der Waals surface area (Å²) in [4.78, 5) is 0. The van der Waals surface area contributed by atoms with Gasteiger partial charge in [0.05, 0.1) is 12.7 Å². The van der Waals surface area contributed by atoms with E-state index in [1.807, 2.05) is 20.8 Å². The molecule has 0 amide bonds. The van der Waals surface area contributed by atoms with E-state index in [9.17, 15) is 0 Å². The smallest absolute Gasteiger partial charge is 0.125 e. The molecule has 18 heavy (non-hydrogen) atoms. The molecule has 1 aromatic rings. The molecule has 3 nitrogen and oxygen atoms in total. The Kier molecular flexibility index (Phi) is 6.68. The molecule has 0 heterocycles. The second kappa shape index (κ2) is 7.77. The van der Waals surface area contributed by atoms with E-state index in [2.05, 4.69) is 28.1 Å². The molecule has 1 aromatic carbocycles. The van der Waals surface area contributed by atoms with Gasteiger partial charge < -0.3 is 15.2 Å². The Bertz CT molecular complexity index is 380. The molecule has 0 radical (unpaired) electrons. The monoisotopic (exact) mass is 315 g/mol. The van der Waals surface area contributed by atoms with Crippen molar-refractivity contribution in [3.05, 3.63) is 27.7 Å². The summed E-state index contributed by atoms with van der Waals surface area (Å²) in [5.41, 5.74) is 7.90. The van der Waals surface area contributed by atoms with Crippen LogP contribution in [0.4, 0.5) is 0 Å². The number of hydrogen-bond donors (Lipinski definition) is 1. The van der Waals surface area contributed by atoms with Crippen molar-refractivity contribution in [3.63, 3.8) is 0 Å². The van der Waals surface area contributed by atoms with Crippen LogP contribution >= 0.6 is 15.9 Å². The number of nitrogens with two attached hydrogens (primary N) is 1. The van der Waals surface area contributed by atoms with Crippen LogP contribution in [0, 0.1) is 6.92 Å². The maximum Gasteiger partial charge on any atom is 0.125 e. The van der Waals surface area contributed by atoms with Crippen molar-refractivity contribution < 1.29 is 9.47 Å². The minimum atomic E-state index is 0.239. The summed E-state index contributed by atoms with van der Waals surface area (Å²) in [6.45, 7) is 7.88. The first-order valence-corrected chi connectivity index (χ1v) is 7.07. The lowest BCUT2D eigenvalue weighted by molar-refractivity contribution is 0.0549. The molecule has 0 aromatic heterocycles. The summed E-state index contributed by atoms with van der Waals surface area (Å²) >= 11 is 3.50. The lowest BCUT2D eigenvalue weighted by Crippen LogP contribution is -2.13. The molecular weight excluding hydrogens is 294 g/mol. The van der Waals surface area contributed by atoms with Crippen molar-refractivity contribution in [1.82, 2.24) is 0 Å². The van der Waals surface area contributed by atoms with Crippen molar-refractivity contribution in [1.29, 1.82) is 0 Å². The van der Waals surface area contributed by atoms with Crippen LogP contribution in [0.25, 0.3) is 0 Å². The van der Waals surface area contributed by atoms with E-state index < -0.39 is 0 Å². The van der Waals surface area contributed by atoms with Gasteiger partial charge in [-0.3, -0.25) is 0 Å². The van der Waals surface area contributed by atoms with E-state index in [0.29, 0.717) is 19.8 Å². The number of halogens is 1. The van der Waals surface area contributed by atoms with Gasteiger partial charge in [0.2, 0.25) is 0 Å². The first-order valence-electron chi connectivity index (χ1n) is 6.28. The first kappa shape index (κ1) is 15.5. The highest BCUT2D eigenvalue weighted by atomic mass is 79.9. The van der Waals surface area contributed by atoms with Gasteiger partial charge in [0, 0.05) is 4.47 Å². The molecule has 0 spiro atoms. The maximum absolute atomic E-state index is 5.82. The Morgan fingerprint density at radius 1 is 1.28 bits per heavy atom. The van der Waals surface area contributed by atoms with Crippen LogP contribution in [0.5, 0.6) is 5.75 Å². The van der Waals surface area contributed by atoms with Crippen molar-refractivity contribution in [3.8, 4) is 5.75 Å². The largest absolute Gasteiger partial charge is 0.491 e. The van der Waals surface area contributed by atoms with E-state index in [1.165, 1.54) is 0 Å². The van der Waals surface area contributed by atoms with Gasteiger partial charge in [-0.1, -0.05) is 15.9 Å². The summed E-state index contributed by atoms with van der Waals surface area (Å²) < 4.78 is 12.4. The van der Waals surface area contributed by atoms with Gasteiger partial charge in [0.1, 0.15) is 12.4 Å². The second-order valence-electron chi connectivity index (χ2n) is 4.52. The predicted molar refractivity (Wildman–Crippen MR) is 78.2 cm³/mol. The number of hydrogen-bond acceptors (Lipinski definition) is 3. The van der Waals surface area contributed by atoms with Gasteiger partial charge >= 0.3 is 0 Å². The minimum Gasteiger partial charge on any atom is -0.491 e. The summed E-state index contributed by atoms with van der Waals surface area (Å²) in [6, 6.07) is 4.12. The Labute approximate surface area is 118 Å². The van der Waals surface area contributed by atoms with Gasteiger partial charge in [-0.05, 0) is 57.0 Å². The highest BCUT2D eigenvalue weighted by Crippen LogP contribution is 2.28. The lowest BCUT2D eigenvalue weighted by Gasteiger charge is -2.15. The Balaban J connectivity index is 2.67. The topological polar surface area (TPSA) is 44.5 Å². The van der Waals surface area contributed by atoms with Crippen molar-refractivity contribution in [2.45, 2.75) is 33.3 Å². The summed E-state index contributed by atoms with van der Waals surface area (Å²) in [7, 11) is 0. The van der Waals surface area contributed by atoms with Crippen LogP contribution in [0.3, 0.4) is 0 Å². The number of ether oxygens (including phenoxy) is 2. The quantitative estimate of drug-likeness (QED) is 0.786. The van der Waals surface area contributed by atoms with E-state index >= 15 is 0 Å².